The summed E-state index contributed by atoms with van der Waals surface area (Å²) in [6, 6.07) is 0. The zero-order chi connectivity index (χ0) is 18.2. The van der Waals surface area contributed by atoms with Gasteiger partial charge in [0.25, 0.3) is 0 Å². The standard InChI is InChI=1S/C21H30ClN5/c22-20-12-23-13-21(24-20)27-9-7-25(8-10-27)5-1-2-6-26-14-18-16-3-4-17(11-16)19(18)15-26/h3-4,12-13,16-19H,1-2,5-11,14-15H2. The predicted octanol–water partition coefficient (Wildman–Crippen LogP) is 2.79. The average molecular weight is 388 g/mol. The van der Waals surface area contributed by atoms with Crippen molar-refractivity contribution in [2.45, 2.75) is 19.3 Å². The minimum atomic E-state index is 0.477. The summed E-state index contributed by atoms with van der Waals surface area (Å²) in [7, 11) is 0. The summed E-state index contributed by atoms with van der Waals surface area (Å²) in [5.74, 6) is 4.67. The highest BCUT2D eigenvalue weighted by Crippen LogP contribution is 2.51. The molecular formula is C21H30ClN5. The van der Waals surface area contributed by atoms with E-state index in [0.29, 0.717) is 5.15 Å². The Balaban J connectivity index is 0.995. The molecule has 4 unspecified atom stereocenters. The maximum atomic E-state index is 5.96. The summed E-state index contributed by atoms with van der Waals surface area (Å²) in [5.41, 5.74) is 0. The summed E-state index contributed by atoms with van der Waals surface area (Å²) < 4.78 is 0. The Morgan fingerprint density at radius 2 is 1.56 bits per heavy atom. The van der Waals surface area contributed by atoms with Crippen LogP contribution < -0.4 is 4.90 Å². The van der Waals surface area contributed by atoms with Gasteiger partial charge in [-0.25, -0.2) is 4.98 Å². The average Bonchev–Trinajstić information content (AvgIpc) is 3.39. The van der Waals surface area contributed by atoms with Crippen LogP contribution in [0.1, 0.15) is 19.3 Å². The second-order valence-electron chi connectivity index (χ2n) is 8.77. The van der Waals surface area contributed by atoms with Crippen molar-refractivity contribution in [2.75, 3.05) is 57.3 Å². The van der Waals surface area contributed by atoms with Crippen molar-refractivity contribution in [1.29, 1.82) is 0 Å². The maximum Gasteiger partial charge on any atom is 0.149 e. The molecule has 0 spiro atoms. The van der Waals surface area contributed by atoms with Gasteiger partial charge in [-0.15, -0.1) is 0 Å². The van der Waals surface area contributed by atoms with E-state index >= 15 is 0 Å². The van der Waals surface area contributed by atoms with E-state index in [-0.39, 0.29) is 0 Å². The normalized spacial score (nSPS) is 33.1. The number of fused-ring (bicyclic) bond motifs is 5. The third kappa shape index (κ3) is 3.74. The molecule has 1 aromatic heterocycles. The molecule has 1 aromatic rings. The number of aromatic nitrogens is 2. The molecule has 2 aliphatic carbocycles. The quantitative estimate of drug-likeness (QED) is 0.554. The second kappa shape index (κ2) is 7.69. The summed E-state index contributed by atoms with van der Waals surface area (Å²) in [4.78, 5) is 16.2. The molecule has 0 amide bonds. The molecular weight excluding hydrogens is 358 g/mol. The van der Waals surface area contributed by atoms with Gasteiger partial charge >= 0.3 is 0 Å². The number of likely N-dealkylation sites (tertiary alicyclic amines) is 1. The van der Waals surface area contributed by atoms with Gasteiger partial charge in [-0.3, -0.25) is 9.88 Å². The van der Waals surface area contributed by atoms with Gasteiger partial charge in [0.05, 0.1) is 12.4 Å². The molecule has 1 saturated carbocycles. The number of hydrogen-bond acceptors (Lipinski definition) is 5. The first-order valence-electron chi connectivity index (χ1n) is 10.6. The van der Waals surface area contributed by atoms with Crippen LogP contribution >= 0.6 is 11.6 Å². The van der Waals surface area contributed by atoms with Crippen LogP contribution in [0, 0.1) is 23.7 Å². The number of halogens is 1. The molecule has 2 aliphatic heterocycles. The van der Waals surface area contributed by atoms with Crippen molar-refractivity contribution in [3.8, 4) is 0 Å². The van der Waals surface area contributed by atoms with Crippen molar-refractivity contribution >= 4 is 17.4 Å². The number of hydrogen-bond donors (Lipinski definition) is 0. The third-order valence-electron chi connectivity index (χ3n) is 7.23. The predicted molar refractivity (Wildman–Crippen MR) is 109 cm³/mol. The van der Waals surface area contributed by atoms with Gasteiger partial charge in [-0.1, -0.05) is 23.8 Å². The largest absolute Gasteiger partial charge is 0.353 e. The zero-order valence-electron chi connectivity index (χ0n) is 16.0. The monoisotopic (exact) mass is 387 g/mol. The van der Waals surface area contributed by atoms with Gasteiger partial charge in [0.2, 0.25) is 0 Å². The molecule has 5 nitrogen and oxygen atoms in total. The molecule has 4 atom stereocenters. The van der Waals surface area contributed by atoms with E-state index in [0.717, 1.165) is 55.7 Å². The molecule has 2 saturated heterocycles. The highest BCUT2D eigenvalue weighted by molar-refractivity contribution is 6.29. The molecule has 0 aromatic carbocycles. The van der Waals surface area contributed by atoms with Gasteiger partial charge < -0.3 is 9.80 Å². The third-order valence-corrected chi connectivity index (χ3v) is 7.41. The van der Waals surface area contributed by atoms with E-state index in [1.807, 2.05) is 6.20 Å². The molecule has 27 heavy (non-hydrogen) atoms. The minimum Gasteiger partial charge on any atom is -0.353 e. The Labute approximate surface area is 167 Å². The smallest absolute Gasteiger partial charge is 0.149 e. The lowest BCUT2D eigenvalue weighted by Crippen LogP contribution is -2.47. The molecule has 2 bridgehead atoms. The van der Waals surface area contributed by atoms with Crippen LogP contribution in [0.25, 0.3) is 0 Å². The van der Waals surface area contributed by atoms with Gasteiger partial charge in [0.1, 0.15) is 11.0 Å². The van der Waals surface area contributed by atoms with Crippen molar-refractivity contribution in [3.05, 3.63) is 29.7 Å². The first-order chi connectivity index (χ1) is 13.3. The maximum absolute atomic E-state index is 5.96. The number of piperazine rings is 1. The summed E-state index contributed by atoms with van der Waals surface area (Å²) in [6.45, 7) is 9.48. The lowest BCUT2D eigenvalue weighted by Gasteiger charge is -2.35. The van der Waals surface area contributed by atoms with Crippen LogP contribution in [0.3, 0.4) is 0 Å². The molecule has 6 heteroatoms. The van der Waals surface area contributed by atoms with Crippen LogP contribution in [0.2, 0.25) is 5.15 Å². The summed E-state index contributed by atoms with van der Waals surface area (Å²) >= 11 is 5.96. The van der Waals surface area contributed by atoms with Crippen molar-refractivity contribution in [2.24, 2.45) is 23.7 Å². The zero-order valence-corrected chi connectivity index (χ0v) is 16.8. The van der Waals surface area contributed by atoms with Gasteiger partial charge in [0, 0.05) is 39.3 Å². The Morgan fingerprint density at radius 3 is 2.22 bits per heavy atom. The van der Waals surface area contributed by atoms with Crippen molar-refractivity contribution < 1.29 is 0 Å². The second-order valence-corrected chi connectivity index (χ2v) is 9.16. The fourth-order valence-electron chi connectivity index (χ4n) is 5.78. The summed E-state index contributed by atoms with van der Waals surface area (Å²) in [5, 5.41) is 0.477. The van der Waals surface area contributed by atoms with Crippen LogP contribution in [0.5, 0.6) is 0 Å². The fraction of sp³-hybridized carbons (Fsp3) is 0.714. The van der Waals surface area contributed by atoms with Crippen molar-refractivity contribution in [3.63, 3.8) is 0 Å². The molecule has 0 radical (unpaired) electrons. The lowest BCUT2D eigenvalue weighted by atomic mass is 9.86. The molecule has 5 rings (SSSR count). The fourth-order valence-corrected chi connectivity index (χ4v) is 5.92. The number of anilines is 1. The number of allylic oxidation sites excluding steroid dienone is 2. The number of unbranched alkanes of at least 4 members (excludes halogenated alkanes) is 1. The molecule has 3 fully saturated rings. The van der Waals surface area contributed by atoms with E-state index in [9.17, 15) is 0 Å². The van der Waals surface area contributed by atoms with E-state index in [1.54, 1.807) is 6.20 Å². The summed E-state index contributed by atoms with van der Waals surface area (Å²) in [6.07, 6.45) is 12.5. The molecule has 4 aliphatic rings. The highest BCUT2D eigenvalue weighted by Gasteiger charge is 2.48. The van der Waals surface area contributed by atoms with Crippen LogP contribution in [0.15, 0.2) is 24.5 Å². The Kier molecular flexibility index (Phi) is 5.09. The molecule has 146 valence electrons. The Morgan fingerprint density at radius 1 is 0.889 bits per heavy atom. The molecule has 3 heterocycles. The van der Waals surface area contributed by atoms with Gasteiger partial charge in [-0.2, -0.15) is 0 Å². The van der Waals surface area contributed by atoms with Gasteiger partial charge in [0.15, 0.2) is 0 Å². The van der Waals surface area contributed by atoms with Gasteiger partial charge in [-0.05, 0) is 56.0 Å². The van der Waals surface area contributed by atoms with E-state index < -0.39 is 0 Å². The SMILES string of the molecule is Clc1cncc(N2CCN(CCCCN3CC4C5C=CC(C5)C4C3)CC2)n1. The minimum absolute atomic E-state index is 0.477. The van der Waals surface area contributed by atoms with E-state index in [2.05, 4.69) is 36.8 Å². The first-order valence-corrected chi connectivity index (χ1v) is 11.0. The van der Waals surface area contributed by atoms with Crippen LogP contribution in [-0.4, -0.2) is 72.1 Å². The first kappa shape index (κ1) is 17.9. The lowest BCUT2D eigenvalue weighted by molar-refractivity contribution is 0.239. The highest BCUT2D eigenvalue weighted by atomic mass is 35.5. The van der Waals surface area contributed by atoms with Crippen LogP contribution in [0.4, 0.5) is 5.82 Å². The number of rotatable bonds is 6. The number of nitrogens with zero attached hydrogens (tertiary/aromatic N) is 5. The van der Waals surface area contributed by atoms with E-state index in [1.165, 1.54) is 45.4 Å². The van der Waals surface area contributed by atoms with E-state index in [4.69, 9.17) is 11.6 Å². The van der Waals surface area contributed by atoms with Crippen molar-refractivity contribution in [1.82, 2.24) is 19.8 Å². The topological polar surface area (TPSA) is 35.5 Å². The Hall–Kier alpha value is -1.17. The Bertz CT molecular complexity index is 667. The van der Waals surface area contributed by atoms with Crippen LogP contribution in [-0.2, 0) is 0 Å². The molecule has 0 N–H and O–H groups in total.